The van der Waals surface area contributed by atoms with Crippen LogP contribution in [0.1, 0.15) is 11.4 Å². The average Bonchev–Trinajstić information content (AvgIpc) is 2.37. The van der Waals surface area contributed by atoms with Crippen LogP contribution in [0.3, 0.4) is 0 Å². The Morgan fingerprint density at radius 3 is 2.74 bits per heavy atom. The predicted molar refractivity (Wildman–Crippen MR) is 78.6 cm³/mol. The van der Waals surface area contributed by atoms with Crippen LogP contribution in [0.4, 0.5) is 5.69 Å². The number of aryl methyl sites for hydroxylation is 1. The van der Waals surface area contributed by atoms with Crippen molar-refractivity contribution in [3.8, 4) is 5.75 Å². The number of nitrogens with zero attached hydrogens (tertiary/aromatic N) is 3. The lowest BCUT2D eigenvalue weighted by atomic mass is 10.3. The fourth-order valence-corrected chi connectivity index (χ4v) is 2.16. The maximum absolute atomic E-state index is 5.81. The Kier molecular flexibility index (Phi) is 4.41. The van der Waals surface area contributed by atoms with Gasteiger partial charge >= 0.3 is 0 Å². The molecule has 0 atom stereocenters. The minimum atomic E-state index is -0.799. The second-order valence-electron chi connectivity index (χ2n) is 4.32. The van der Waals surface area contributed by atoms with Crippen molar-refractivity contribution in [3.05, 3.63) is 48.0 Å². The molecule has 0 bridgehead atoms. The molecule has 2 aromatic rings. The van der Waals surface area contributed by atoms with Crippen molar-refractivity contribution in [2.24, 2.45) is 4.99 Å². The smallest absolute Gasteiger partial charge is 0.274 e. The summed E-state index contributed by atoms with van der Waals surface area (Å²) in [5.41, 5.74) is 2.44. The van der Waals surface area contributed by atoms with E-state index in [1.807, 2.05) is 31.2 Å². The Morgan fingerprint density at radius 2 is 2.00 bits per heavy atom. The summed E-state index contributed by atoms with van der Waals surface area (Å²) in [5.74, 6) is 0.818. The first-order valence-electron chi connectivity index (χ1n) is 6.05. The molecule has 1 heterocycles. The zero-order valence-electron chi connectivity index (χ0n) is 11.3. The lowest BCUT2D eigenvalue weighted by Crippen LogP contribution is -2.11. The maximum atomic E-state index is 5.81. The van der Waals surface area contributed by atoms with Crippen LogP contribution < -0.4 is 4.43 Å². The van der Waals surface area contributed by atoms with Gasteiger partial charge in [-0.05, 0) is 32.2 Å². The number of rotatable bonds is 4. The van der Waals surface area contributed by atoms with Crippen LogP contribution in [0, 0.1) is 6.92 Å². The molecule has 0 aliphatic heterocycles. The Hall–Kier alpha value is -2.01. The van der Waals surface area contributed by atoms with Crippen LogP contribution in [0.25, 0.3) is 0 Å². The van der Waals surface area contributed by atoms with Crippen molar-refractivity contribution in [3.63, 3.8) is 0 Å². The second kappa shape index (κ2) is 6.24. The highest BCUT2D eigenvalue weighted by Gasteiger charge is 2.04. The summed E-state index contributed by atoms with van der Waals surface area (Å²) >= 11 is 0. The number of benzene rings is 1. The van der Waals surface area contributed by atoms with Gasteiger partial charge in [-0.2, -0.15) is 0 Å². The third-order valence-electron chi connectivity index (χ3n) is 2.29. The van der Waals surface area contributed by atoms with Gasteiger partial charge < -0.3 is 4.43 Å². The lowest BCUT2D eigenvalue weighted by molar-refractivity contribution is 0.582. The zero-order chi connectivity index (χ0) is 13.7. The van der Waals surface area contributed by atoms with Crippen LogP contribution in [0.15, 0.2) is 41.7 Å². The van der Waals surface area contributed by atoms with Crippen LogP contribution in [0.2, 0.25) is 13.1 Å². The lowest BCUT2D eigenvalue weighted by Gasteiger charge is -2.10. The summed E-state index contributed by atoms with van der Waals surface area (Å²) in [4.78, 5) is 12.9. The first-order valence-corrected chi connectivity index (χ1v) is 8.46. The number of hydrogen-bond donors (Lipinski definition) is 0. The fourth-order valence-electron chi connectivity index (χ4n) is 1.55. The first-order chi connectivity index (χ1) is 9.15. The van der Waals surface area contributed by atoms with E-state index in [-0.39, 0.29) is 0 Å². The van der Waals surface area contributed by atoms with E-state index in [0.29, 0.717) is 0 Å². The molecule has 19 heavy (non-hydrogen) atoms. The second-order valence-corrected chi connectivity index (χ2v) is 6.34. The molecule has 0 unspecified atom stereocenters. The molecule has 97 valence electrons. The first kappa shape index (κ1) is 13.4. The number of hydrogen-bond acceptors (Lipinski definition) is 4. The van der Waals surface area contributed by atoms with E-state index in [1.165, 1.54) is 0 Å². The molecular formula is C14H16N3OSi. The summed E-state index contributed by atoms with van der Waals surface area (Å²) in [5, 5.41) is 0. The topological polar surface area (TPSA) is 47.4 Å². The summed E-state index contributed by atoms with van der Waals surface area (Å²) in [6.07, 6.45) is 5.12. The molecular weight excluding hydrogens is 254 g/mol. The highest BCUT2D eigenvalue weighted by atomic mass is 28.3. The Balaban J connectivity index is 2.23. The van der Waals surface area contributed by atoms with E-state index in [1.54, 1.807) is 18.6 Å². The van der Waals surface area contributed by atoms with Crippen molar-refractivity contribution < 1.29 is 4.43 Å². The van der Waals surface area contributed by atoms with Gasteiger partial charge in [0.1, 0.15) is 11.4 Å². The molecule has 0 saturated carbocycles. The molecule has 0 saturated heterocycles. The van der Waals surface area contributed by atoms with Gasteiger partial charge in [-0.3, -0.25) is 9.98 Å². The average molecular weight is 270 g/mol. The van der Waals surface area contributed by atoms with Crippen LogP contribution in [-0.2, 0) is 0 Å². The van der Waals surface area contributed by atoms with Crippen molar-refractivity contribution in [1.29, 1.82) is 0 Å². The van der Waals surface area contributed by atoms with E-state index >= 15 is 0 Å². The van der Waals surface area contributed by atoms with Gasteiger partial charge in [-0.25, -0.2) is 4.98 Å². The van der Waals surface area contributed by atoms with Crippen molar-refractivity contribution in [2.75, 3.05) is 0 Å². The molecule has 1 radical (unpaired) electrons. The van der Waals surface area contributed by atoms with E-state index in [4.69, 9.17) is 4.43 Å². The number of aromatic nitrogens is 2. The van der Waals surface area contributed by atoms with E-state index < -0.39 is 9.04 Å². The van der Waals surface area contributed by atoms with Gasteiger partial charge in [0.15, 0.2) is 0 Å². The third kappa shape index (κ3) is 3.99. The molecule has 1 aromatic carbocycles. The molecule has 2 rings (SSSR count). The summed E-state index contributed by atoms with van der Waals surface area (Å²) < 4.78 is 5.81. The monoisotopic (exact) mass is 270 g/mol. The summed E-state index contributed by atoms with van der Waals surface area (Å²) in [6.45, 7) is 6.10. The molecule has 0 aliphatic rings. The minimum absolute atomic E-state index is 0.744. The molecule has 0 aliphatic carbocycles. The highest BCUT2D eigenvalue weighted by molar-refractivity contribution is 6.49. The molecule has 0 spiro atoms. The zero-order valence-corrected chi connectivity index (χ0v) is 12.3. The van der Waals surface area contributed by atoms with Gasteiger partial charge in [0.2, 0.25) is 0 Å². The van der Waals surface area contributed by atoms with Gasteiger partial charge in [0.05, 0.1) is 23.8 Å². The van der Waals surface area contributed by atoms with E-state index in [0.717, 1.165) is 22.8 Å². The molecule has 0 N–H and O–H groups in total. The molecule has 4 nitrogen and oxygen atoms in total. The van der Waals surface area contributed by atoms with Crippen LogP contribution in [-0.4, -0.2) is 25.2 Å². The van der Waals surface area contributed by atoms with Gasteiger partial charge in [-0.15, -0.1) is 0 Å². The van der Waals surface area contributed by atoms with Gasteiger partial charge in [-0.1, -0.05) is 12.1 Å². The largest absolute Gasteiger partial charge is 0.541 e. The molecule has 0 amide bonds. The van der Waals surface area contributed by atoms with Crippen molar-refractivity contribution >= 4 is 20.9 Å². The molecule has 5 heteroatoms. The Bertz CT molecular complexity index is 584. The van der Waals surface area contributed by atoms with Crippen LogP contribution >= 0.6 is 0 Å². The van der Waals surface area contributed by atoms with Crippen molar-refractivity contribution in [2.45, 2.75) is 20.0 Å². The molecule has 1 aromatic heterocycles. The SMILES string of the molecule is Cc1cncc(C=Nc2ccccc2O[Si](C)C)n1. The van der Waals surface area contributed by atoms with E-state index in [9.17, 15) is 0 Å². The van der Waals surface area contributed by atoms with E-state index in [2.05, 4.69) is 28.1 Å². The normalized spacial score (nSPS) is 11.2. The number of aliphatic imine (C=N–C) groups is 1. The minimum Gasteiger partial charge on any atom is -0.541 e. The third-order valence-corrected chi connectivity index (χ3v) is 2.92. The summed E-state index contributed by atoms with van der Waals surface area (Å²) in [7, 11) is -0.799. The van der Waals surface area contributed by atoms with Gasteiger partial charge in [0, 0.05) is 6.20 Å². The standard InChI is InChI=1S/C14H16N3OSi/c1-11-8-15-9-12(17-11)10-16-13-6-4-5-7-14(13)18-19(2)3/h4-10H,1-3H3. The Labute approximate surface area is 114 Å². The number of para-hydroxylation sites is 2. The highest BCUT2D eigenvalue weighted by Crippen LogP contribution is 2.27. The summed E-state index contributed by atoms with van der Waals surface area (Å²) in [6, 6.07) is 7.76. The fraction of sp³-hybridized carbons (Fsp3) is 0.214. The van der Waals surface area contributed by atoms with Gasteiger partial charge in [0.25, 0.3) is 9.04 Å². The maximum Gasteiger partial charge on any atom is 0.274 e. The molecule has 0 fully saturated rings. The van der Waals surface area contributed by atoms with Crippen molar-refractivity contribution in [1.82, 2.24) is 9.97 Å². The van der Waals surface area contributed by atoms with Crippen LogP contribution in [0.5, 0.6) is 5.75 Å². The Morgan fingerprint density at radius 1 is 1.21 bits per heavy atom. The predicted octanol–water partition coefficient (Wildman–Crippen LogP) is 3.17. The quantitative estimate of drug-likeness (QED) is 0.633.